The Morgan fingerprint density at radius 1 is 1.27 bits per heavy atom. The SMILES string of the molecule is CSc1nnc(CCCNS(=O)(=O)c2ccc(C#N)cc2)n1CC(C)C. The van der Waals surface area contributed by atoms with Crippen LogP contribution in [0, 0.1) is 17.2 Å². The van der Waals surface area contributed by atoms with Crippen molar-refractivity contribution in [1.82, 2.24) is 19.5 Å². The zero-order valence-electron chi connectivity index (χ0n) is 15.1. The summed E-state index contributed by atoms with van der Waals surface area (Å²) in [7, 11) is -3.57. The molecule has 0 fully saturated rings. The number of hydrogen-bond acceptors (Lipinski definition) is 6. The summed E-state index contributed by atoms with van der Waals surface area (Å²) in [4.78, 5) is 0.157. The summed E-state index contributed by atoms with van der Waals surface area (Å²) in [5.74, 6) is 1.35. The van der Waals surface area contributed by atoms with Crippen molar-refractivity contribution in [2.75, 3.05) is 12.8 Å². The second kappa shape index (κ2) is 9.16. The van der Waals surface area contributed by atoms with Crippen molar-refractivity contribution >= 4 is 21.8 Å². The van der Waals surface area contributed by atoms with Gasteiger partial charge >= 0.3 is 0 Å². The summed E-state index contributed by atoms with van der Waals surface area (Å²) < 4.78 is 29.2. The van der Waals surface area contributed by atoms with E-state index in [0.717, 1.165) is 17.5 Å². The minimum absolute atomic E-state index is 0.157. The molecule has 0 unspecified atom stereocenters. The molecular weight excluding hydrogens is 370 g/mol. The van der Waals surface area contributed by atoms with Crippen molar-refractivity contribution < 1.29 is 8.42 Å². The zero-order chi connectivity index (χ0) is 19.2. The van der Waals surface area contributed by atoms with Crippen molar-refractivity contribution in [2.24, 2.45) is 5.92 Å². The number of rotatable bonds is 9. The van der Waals surface area contributed by atoms with Crippen LogP contribution in [0.5, 0.6) is 0 Å². The van der Waals surface area contributed by atoms with Crippen LogP contribution >= 0.6 is 11.8 Å². The lowest BCUT2D eigenvalue weighted by Gasteiger charge is -2.12. The molecule has 1 aromatic heterocycles. The Labute approximate surface area is 158 Å². The summed E-state index contributed by atoms with van der Waals surface area (Å²) in [6.45, 7) is 5.43. The highest BCUT2D eigenvalue weighted by molar-refractivity contribution is 7.98. The van der Waals surface area contributed by atoms with Gasteiger partial charge in [0.25, 0.3) is 0 Å². The fourth-order valence-corrected chi connectivity index (χ4v) is 4.05. The largest absolute Gasteiger partial charge is 0.306 e. The molecule has 9 heteroatoms. The van der Waals surface area contributed by atoms with Crippen molar-refractivity contribution in [1.29, 1.82) is 5.26 Å². The molecule has 2 rings (SSSR count). The van der Waals surface area contributed by atoms with E-state index in [9.17, 15) is 8.42 Å². The average Bonchev–Trinajstić information content (AvgIpc) is 3.00. The van der Waals surface area contributed by atoms with Crippen LogP contribution in [0.2, 0.25) is 0 Å². The van der Waals surface area contributed by atoms with Crippen LogP contribution in [0.4, 0.5) is 0 Å². The van der Waals surface area contributed by atoms with Gasteiger partial charge in [-0.05, 0) is 42.9 Å². The monoisotopic (exact) mass is 393 g/mol. The zero-order valence-corrected chi connectivity index (χ0v) is 16.8. The van der Waals surface area contributed by atoms with Gasteiger partial charge in [0.1, 0.15) is 5.82 Å². The van der Waals surface area contributed by atoms with Crippen LogP contribution in [0.25, 0.3) is 0 Å². The lowest BCUT2D eigenvalue weighted by atomic mass is 10.2. The Bertz CT molecular complexity index is 868. The van der Waals surface area contributed by atoms with E-state index in [4.69, 9.17) is 5.26 Å². The van der Waals surface area contributed by atoms with Gasteiger partial charge < -0.3 is 4.57 Å². The van der Waals surface area contributed by atoms with Gasteiger partial charge in [-0.3, -0.25) is 0 Å². The van der Waals surface area contributed by atoms with Gasteiger partial charge in [0.15, 0.2) is 5.16 Å². The molecule has 140 valence electrons. The fraction of sp³-hybridized carbons (Fsp3) is 0.471. The average molecular weight is 394 g/mol. The van der Waals surface area contributed by atoms with Gasteiger partial charge in [-0.2, -0.15) is 5.26 Å². The van der Waals surface area contributed by atoms with Crippen LogP contribution in [0.1, 0.15) is 31.7 Å². The number of sulfonamides is 1. The van der Waals surface area contributed by atoms with E-state index in [1.54, 1.807) is 11.8 Å². The number of aryl methyl sites for hydroxylation is 1. The topological polar surface area (TPSA) is 101 Å². The predicted molar refractivity (Wildman–Crippen MR) is 101 cm³/mol. The Hall–Kier alpha value is -1.89. The van der Waals surface area contributed by atoms with Gasteiger partial charge in [0.2, 0.25) is 10.0 Å². The fourth-order valence-electron chi connectivity index (χ4n) is 2.45. The summed E-state index contributed by atoms with van der Waals surface area (Å²) >= 11 is 1.56. The number of benzene rings is 1. The molecule has 0 spiro atoms. The third kappa shape index (κ3) is 5.30. The van der Waals surface area contributed by atoms with Crippen LogP contribution in [-0.2, 0) is 23.0 Å². The number of thioether (sulfide) groups is 1. The molecule has 0 amide bonds. The van der Waals surface area contributed by atoms with Gasteiger partial charge in [-0.25, -0.2) is 13.1 Å². The molecule has 0 aliphatic rings. The number of hydrogen-bond donors (Lipinski definition) is 1. The maximum absolute atomic E-state index is 12.3. The second-order valence-corrected chi connectivity index (χ2v) is 8.79. The Morgan fingerprint density at radius 3 is 2.54 bits per heavy atom. The van der Waals surface area contributed by atoms with E-state index in [2.05, 4.69) is 33.3 Å². The molecule has 0 aliphatic carbocycles. The Morgan fingerprint density at radius 2 is 1.96 bits per heavy atom. The number of aromatic nitrogens is 3. The van der Waals surface area contributed by atoms with E-state index in [0.29, 0.717) is 30.9 Å². The van der Waals surface area contributed by atoms with Crippen molar-refractivity contribution in [3.8, 4) is 6.07 Å². The number of nitriles is 1. The Kier molecular flexibility index (Phi) is 7.20. The highest BCUT2D eigenvalue weighted by Gasteiger charge is 2.15. The third-order valence-corrected chi connectivity index (χ3v) is 5.83. The number of nitrogens with zero attached hydrogens (tertiary/aromatic N) is 4. The van der Waals surface area contributed by atoms with Crippen molar-refractivity contribution in [3.05, 3.63) is 35.7 Å². The molecule has 0 radical (unpaired) electrons. The van der Waals surface area contributed by atoms with E-state index >= 15 is 0 Å². The summed E-state index contributed by atoms with van der Waals surface area (Å²) in [6.07, 6.45) is 3.24. The summed E-state index contributed by atoms with van der Waals surface area (Å²) in [5.41, 5.74) is 0.429. The molecule has 2 aromatic rings. The predicted octanol–water partition coefficient (Wildman–Crippen LogP) is 2.44. The lowest BCUT2D eigenvalue weighted by molar-refractivity contribution is 0.477. The molecule has 7 nitrogen and oxygen atoms in total. The maximum atomic E-state index is 12.3. The van der Waals surface area contributed by atoms with Gasteiger partial charge in [-0.15, -0.1) is 10.2 Å². The molecule has 0 atom stereocenters. The minimum atomic E-state index is -3.57. The van der Waals surface area contributed by atoms with Gasteiger partial charge in [0.05, 0.1) is 16.5 Å². The van der Waals surface area contributed by atoms with Gasteiger partial charge in [0, 0.05) is 19.5 Å². The molecule has 0 bridgehead atoms. The quantitative estimate of drug-likeness (QED) is 0.519. The Balaban J connectivity index is 1.94. The first-order valence-corrected chi connectivity index (χ1v) is 11.0. The van der Waals surface area contributed by atoms with E-state index in [-0.39, 0.29) is 4.90 Å². The molecule has 1 N–H and O–H groups in total. The molecule has 0 saturated heterocycles. The first-order valence-electron chi connectivity index (χ1n) is 8.33. The number of nitrogens with one attached hydrogen (secondary N) is 1. The molecule has 26 heavy (non-hydrogen) atoms. The molecular formula is C17H23N5O2S2. The van der Waals surface area contributed by atoms with Crippen LogP contribution < -0.4 is 4.72 Å². The van der Waals surface area contributed by atoms with Crippen LogP contribution in [0.15, 0.2) is 34.3 Å². The van der Waals surface area contributed by atoms with E-state index in [1.165, 1.54) is 24.3 Å². The van der Waals surface area contributed by atoms with Crippen LogP contribution in [-0.4, -0.2) is 36.0 Å². The highest BCUT2D eigenvalue weighted by atomic mass is 32.2. The standard InChI is InChI=1S/C17H23N5O2S2/c1-13(2)12-22-16(20-21-17(22)25-3)5-4-10-19-26(23,24)15-8-6-14(11-18)7-9-15/h6-9,13,19H,4-5,10,12H2,1-3H3. The van der Waals surface area contributed by atoms with Crippen molar-refractivity contribution in [3.63, 3.8) is 0 Å². The normalized spacial score (nSPS) is 11.7. The highest BCUT2D eigenvalue weighted by Crippen LogP contribution is 2.17. The summed E-state index contributed by atoms with van der Waals surface area (Å²) in [5, 5.41) is 18.1. The minimum Gasteiger partial charge on any atom is -0.306 e. The third-order valence-electron chi connectivity index (χ3n) is 3.69. The van der Waals surface area contributed by atoms with Crippen LogP contribution in [0.3, 0.4) is 0 Å². The maximum Gasteiger partial charge on any atom is 0.240 e. The molecule has 0 saturated carbocycles. The first-order chi connectivity index (χ1) is 12.4. The van der Waals surface area contributed by atoms with E-state index < -0.39 is 10.0 Å². The second-order valence-electron chi connectivity index (χ2n) is 6.24. The van der Waals surface area contributed by atoms with E-state index in [1.807, 2.05) is 12.3 Å². The smallest absolute Gasteiger partial charge is 0.240 e. The summed E-state index contributed by atoms with van der Waals surface area (Å²) in [6, 6.07) is 7.83. The van der Waals surface area contributed by atoms with Crippen molar-refractivity contribution in [2.45, 2.75) is 43.3 Å². The van der Waals surface area contributed by atoms with Gasteiger partial charge in [-0.1, -0.05) is 25.6 Å². The molecule has 1 heterocycles. The lowest BCUT2D eigenvalue weighted by Crippen LogP contribution is -2.25. The first kappa shape index (κ1) is 20.4. The molecule has 0 aliphatic heterocycles. The molecule has 1 aromatic carbocycles.